The molecule has 0 saturated heterocycles. The molecule has 140 valence electrons. The normalized spacial score (nSPS) is 11.4. The van der Waals surface area contributed by atoms with E-state index in [2.05, 4.69) is 15.5 Å². The molecule has 1 amide bonds. The number of alkyl halides is 3. The summed E-state index contributed by atoms with van der Waals surface area (Å²) >= 11 is 5.87. The number of amides is 1. The highest BCUT2D eigenvalue weighted by Gasteiger charge is 2.29. The molecule has 4 nitrogen and oxygen atoms in total. The van der Waals surface area contributed by atoms with Crippen LogP contribution in [0.5, 0.6) is 0 Å². The van der Waals surface area contributed by atoms with Crippen molar-refractivity contribution in [1.82, 2.24) is 15.5 Å². The summed E-state index contributed by atoms with van der Waals surface area (Å²) in [7, 11) is 0. The number of benzene rings is 2. The summed E-state index contributed by atoms with van der Waals surface area (Å²) in [5.41, 5.74) is 1.72. The standard InChI is InChI=1S/C19H15ClF3N3O/c20-15-7-3-13(4-8-15)17-16(11-25-26-17)18(27)24-10-9-12-1-5-14(6-2-12)19(21,22)23/h1-8,11H,9-10H2,(H,24,27)(H,25,26). The first-order chi connectivity index (χ1) is 12.8. The average molecular weight is 394 g/mol. The first kappa shape index (κ1) is 19.0. The summed E-state index contributed by atoms with van der Waals surface area (Å²) < 4.78 is 37.7. The number of halogens is 4. The Balaban J connectivity index is 1.60. The van der Waals surface area contributed by atoms with E-state index in [4.69, 9.17) is 11.6 Å². The van der Waals surface area contributed by atoms with Crippen LogP contribution in [-0.2, 0) is 12.6 Å². The van der Waals surface area contributed by atoms with Crippen molar-refractivity contribution in [1.29, 1.82) is 0 Å². The van der Waals surface area contributed by atoms with E-state index in [0.717, 1.165) is 17.7 Å². The van der Waals surface area contributed by atoms with Gasteiger partial charge in [-0.05, 0) is 36.2 Å². The molecular weight excluding hydrogens is 379 g/mol. The number of nitrogens with one attached hydrogen (secondary N) is 2. The van der Waals surface area contributed by atoms with Gasteiger partial charge in [-0.25, -0.2) is 0 Å². The number of aromatic amines is 1. The van der Waals surface area contributed by atoms with Crippen LogP contribution >= 0.6 is 11.6 Å². The number of nitrogens with zero attached hydrogens (tertiary/aromatic N) is 1. The van der Waals surface area contributed by atoms with E-state index < -0.39 is 11.7 Å². The molecule has 3 aromatic rings. The highest BCUT2D eigenvalue weighted by Crippen LogP contribution is 2.29. The van der Waals surface area contributed by atoms with Gasteiger partial charge in [0.2, 0.25) is 0 Å². The number of hydrogen-bond donors (Lipinski definition) is 2. The van der Waals surface area contributed by atoms with Crippen molar-refractivity contribution >= 4 is 17.5 Å². The predicted octanol–water partition coefficient (Wildman–Crippen LogP) is 4.72. The van der Waals surface area contributed by atoms with Gasteiger partial charge in [-0.3, -0.25) is 9.89 Å². The first-order valence-corrected chi connectivity index (χ1v) is 8.46. The third-order valence-corrected chi connectivity index (χ3v) is 4.25. The van der Waals surface area contributed by atoms with Crippen LogP contribution in [0.4, 0.5) is 13.2 Å². The van der Waals surface area contributed by atoms with Crippen molar-refractivity contribution in [2.45, 2.75) is 12.6 Å². The number of hydrogen-bond acceptors (Lipinski definition) is 2. The molecule has 1 heterocycles. The molecule has 2 aromatic carbocycles. The largest absolute Gasteiger partial charge is 0.416 e. The van der Waals surface area contributed by atoms with Gasteiger partial charge in [-0.15, -0.1) is 0 Å². The smallest absolute Gasteiger partial charge is 0.352 e. The molecule has 0 aliphatic heterocycles. The van der Waals surface area contributed by atoms with Crippen molar-refractivity contribution in [3.8, 4) is 11.3 Å². The maximum atomic E-state index is 12.6. The van der Waals surface area contributed by atoms with Gasteiger partial charge in [-0.2, -0.15) is 18.3 Å². The molecule has 0 fully saturated rings. The quantitative estimate of drug-likeness (QED) is 0.659. The lowest BCUT2D eigenvalue weighted by Crippen LogP contribution is -2.25. The van der Waals surface area contributed by atoms with E-state index in [0.29, 0.717) is 28.3 Å². The molecule has 0 unspecified atom stereocenters. The second-order valence-electron chi connectivity index (χ2n) is 5.87. The Hall–Kier alpha value is -2.80. The molecule has 0 aliphatic carbocycles. The fourth-order valence-corrected chi connectivity index (χ4v) is 2.70. The fraction of sp³-hybridized carbons (Fsp3) is 0.158. The van der Waals surface area contributed by atoms with Crippen LogP contribution in [0.25, 0.3) is 11.3 Å². The molecule has 0 bridgehead atoms. The molecule has 1 aromatic heterocycles. The summed E-state index contributed by atoms with van der Waals surface area (Å²) in [6, 6.07) is 11.9. The second-order valence-corrected chi connectivity index (χ2v) is 6.30. The molecule has 3 rings (SSSR count). The minimum atomic E-state index is -4.36. The zero-order chi connectivity index (χ0) is 19.4. The minimum Gasteiger partial charge on any atom is -0.352 e. The van der Waals surface area contributed by atoms with E-state index in [9.17, 15) is 18.0 Å². The van der Waals surface area contributed by atoms with Gasteiger partial charge >= 0.3 is 6.18 Å². The van der Waals surface area contributed by atoms with Gasteiger partial charge in [0.1, 0.15) is 0 Å². The van der Waals surface area contributed by atoms with Gasteiger partial charge in [0.05, 0.1) is 23.0 Å². The monoisotopic (exact) mass is 393 g/mol. The Morgan fingerprint density at radius 3 is 2.37 bits per heavy atom. The van der Waals surface area contributed by atoms with Crippen molar-refractivity contribution in [3.05, 3.63) is 76.4 Å². The lowest BCUT2D eigenvalue weighted by atomic mass is 10.1. The molecular formula is C19H15ClF3N3O. The van der Waals surface area contributed by atoms with Crippen molar-refractivity contribution in [3.63, 3.8) is 0 Å². The molecule has 27 heavy (non-hydrogen) atoms. The van der Waals surface area contributed by atoms with Crippen LogP contribution < -0.4 is 5.32 Å². The van der Waals surface area contributed by atoms with E-state index in [-0.39, 0.29) is 12.5 Å². The highest BCUT2D eigenvalue weighted by molar-refractivity contribution is 6.30. The lowest BCUT2D eigenvalue weighted by molar-refractivity contribution is -0.137. The topological polar surface area (TPSA) is 57.8 Å². The zero-order valence-corrected chi connectivity index (χ0v) is 14.7. The van der Waals surface area contributed by atoms with Crippen molar-refractivity contribution in [2.75, 3.05) is 6.54 Å². The molecule has 0 saturated carbocycles. The van der Waals surface area contributed by atoms with Gasteiger partial charge in [-0.1, -0.05) is 35.9 Å². The highest BCUT2D eigenvalue weighted by atomic mass is 35.5. The van der Waals surface area contributed by atoms with Crippen LogP contribution in [-0.4, -0.2) is 22.6 Å². The maximum Gasteiger partial charge on any atom is 0.416 e. The van der Waals surface area contributed by atoms with Gasteiger partial charge in [0.25, 0.3) is 5.91 Å². The van der Waals surface area contributed by atoms with Crippen molar-refractivity contribution in [2.24, 2.45) is 0 Å². The number of rotatable bonds is 5. The summed E-state index contributed by atoms with van der Waals surface area (Å²) in [5.74, 6) is -0.319. The summed E-state index contributed by atoms with van der Waals surface area (Å²) in [6.07, 6.45) is -2.51. The van der Waals surface area contributed by atoms with Crippen LogP contribution in [0.3, 0.4) is 0 Å². The fourth-order valence-electron chi connectivity index (χ4n) is 2.57. The van der Waals surface area contributed by atoms with Crippen LogP contribution in [0.1, 0.15) is 21.5 Å². The molecule has 0 atom stereocenters. The third-order valence-electron chi connectivity index (χ3n) is 4.00. The van der Waals surface area contributed by atoms with Gasteiger partial charge in [0.15, 0.2) is 0 Å². The minimum absolute atomic E-state index is 0.287. The third kappa shape index (κ3) is 4.68. The summed E-state index contributed by atoms with van der Waals surface area (Å²) in [5, 5.41) is 10.0. The predicted molar refractivity (Wildman–Crippen MR) is 96.5 cm³/mol. The molecule has 0 radical (unpaired) electrons. The molecule has 8 heteroatoms. The molecule has 0 spiro atoms. The summed E-state index contributed by atoms with van der Waals surface area (Å²) in [4.78, 5) is 12.4. The molecule has 2 N–H and O–H groups in total. The second kappa shape index (κ2) is 7.84. The molecule has 0 aliphatic rings. The average Bonchev–Trinajstić information content (AvgIpc) is 3.12. The van der Waals surface area contributed by atoms with Crippen LogP contribution in [0, 0.1) is 0 Å². The van der Waals surface area contributed by atoms with Crippen molar-refractivity contribution < 1.29 is 18.0 Å². The Labute approximate surface area is 158 Å². The van der Waals surface area contributed by atoms with Crippen LogP contribution in [0.15, 0.2) is 54.7 Å². The van der Waals surface area contributed by atoms with Gasteiger partial charge < -0.3 is 5.32 Å². The Morgan fingerprint density at radius 2 is 1.74 bits per heavy atom. The summed E-state index contributed by atoms with van der Waals surface area (Å²) in [6.45, 7) is 0.287. The van der Waals surface area contributed by atoms with E-state index in [1.807, 2.05) is 0 Å². The number of carbonyl (C=O) groups excluding carboxylic acids is 1. The lowest BCUT2D eigenvalue weighted by Gasteiger charge is -2.09. The number of carbonyl (C=O) groups is 1. The zero-order valence-electron chi connectivity index (χ0n) is 14.0. The Kier molecular flexibility index (Phi) is 5.51. The SMILES string of the molecule is O=C(NCCc1ccc(C(F)(F)F)cc1)c1cn[nH]c1-c1ccc(Cl)cc1. The Morgan fingerprint density at radius 1 is 1.07 bits per heavy atom. The number of aromatic nitrogens is 2. The van der Waals surface area contributed by atoms with Gasteiger partial charge in [0, 0.05) is 17.1 Å². The number of H-pyrrole nitrogens is 1. The van der Waals surface area contributed by atoms with E-state index in [1.165, 1.54) is 18.3 Å². The maximum absolute atomic E-state index is 12.6. The first-order valence-electron chi connectivity index (χ1n) is 8.08. The van der Waals surface area contributed by atoms with Crippen LogP contribution in [0.2, 0.25) is 5.02 Å². The Bertz CT molecular complexity index is 919. The van der Waals surface area contributed by atoms with E-state index in [1.54, 1.807) is 24.3 Å². The van der Waals surface area contributed by atoms with E-state index >= 15 is 0 Å².